The van der Waals surface area contributed by atoms with E-state index in [0.717, 1.165) is 0 Å². The maximum absolute atomic E-state index is 10.3. The van der Waals surface area contributed by atoms with Crippen molar-refractivity contribution in [2.45, 2.75) is 60.9 Å². The molecule has 24 heavy (non-hydrogen) atoms. The minimum Gasteiger partial charge on any atom is -0.387 e. The van der Waals surface area contributed by atoms with Gasteiger partial charge < -0.3 is 49.2 Å². The zero-order valence-corrected chi connectivity index (χ0v) is 14.3. The average molecular weight is 372 g/mol. The molecule has 2 saturated heterocycles. The van der Waals surface area contributed by atoms with Crippen LogP contribution in [0, 0.1) is 0 Å². The Morgan fingerprint density at radius 2 is 1.29 bits per heavy atom. The normalized spacial score (nSPS) is 50.0. The van der Waals surface area contributed by atoms with Gasteiger partial charge in [-0.1, -0.05) is 0 Å². The second-order valence-electron chi connectivity index (χ2n) is 5.51. The molecular formula is C13H24O10S. The highest BCUT2D eigenvalue weighted by molar-refractivity contribution is 7.99. The number of hydrogen-bond donors (Lipinski definition) is 5. The SMILES string of the molecule is CO[C@H]1OC(OC2[C@@H](OC)O[C@@H](SC)C(O)[C@H]2O)C(O)[C@@H](O)C1O. The number of ether oxygens (including phenoxy) is 5. The third-order valence-corrected chi connectivity index (χ3v) is 4.87. The van der Waals surface area contributed by atoms with Crippen molar-refractivity contribution in [3.63, 3.8) is 0 Å². The molecule has 11 heteroatoms. The number of thioether (sulfide) groups is 1. The van der Waals surface area contributed by atoms with E-state index in [1.54, 1.807) is 6.26 Å². The van der Waals surface area contributed by atoms with E-state index in [9.17, 15) is 25.5 Å². The molecule has 0 radical (unpaired) electrons. The topological polar surface area (TPSA) is 147 Å². The summed E-state index contributed by atoms with van der Waals surface area (Å²) in [4.78, 5) is 0. The molecule has 0 bridgehead atoms. The zero-order chi connectivity index (χ0) is 18.0. The fraction of sp³-hybridized carbons (Fsp3) is 1.00. The molecule has 2 rings (SSSR count). The van der Waals surface area contributed by atoms with Gasteiger partial charge in [0.1, 0.15) is 42.1 Å². The largest absolute Gasteiger partial charge is 0.387 e. The van der Waals surface area contributed by atoms with Gasteiger partial charge >= 0.3 is 0 Å². The summed E-state index contributed by atoms with van der Waals surface area (Å²) in [6.07, 6.45) is -10.5. The van der Waals surface area contributed by atoms with Gasteiger partial charge in [-0.25, -0.2) is 0 Å². The summed E-state index contributed by atoms with van der Waals surface area (Å²) in [5, 5.41) is 49.9. The Bertz CT molecular complexity index is 397. The van der Waals surface area contributed by atoms with E-state index in [0.29, 0.717) is 0 Å². The molecule has 0 aliphatic carbocycles. The quantitative estimate of drug-likeness (QED) is 0.341. The molecule has 10 nitrogen and oxygen atoms in total. The predicted octanol–water partition coefficient (Wildman–Crippen LogP) is -2.80. The lowest BCUT2D eigenvalue weighted by atomic mass is 10.0. The van der Waals surface area contributed by atoms with Crippen molar-refractivity contribution in [1.82, 2.24) is 0 Å². The Morgan fingerprint density at radius 1 is 0.708 bits per heavy atom. The fourth-order valence-electron chi connectivity index (χ4n) is 2.62. The molecule has 0 saturated carbocycles. The Kier molecular flexibility index (Phi) is 7.22. The van der Waals surface area contributed by atoms with Crippen molar-refractivity contribution in [2.75, 3.05) is 20.5 Å². The minimum absolute atomic E-state index is 0.721. The number of aliphatic hydroxyl groups excluding tert-OH is 5. The molecule has 10 atom stereocenters. The molecule has 2 aliphatic heterocycles. The number of methoxy groups -OCH3 is 2. The van der Waals surface area contributed by atoms with Crippen LogP contribution in [0.2, 0.25) is 0 Å². The van der Waals surface area contributed by atoms with Gasteiger partial charge in [0, 0.05) is 14.2 Å². The van der Waals surface area contributed by atoms with Crippen molar-refractivity contribution >= 4 is 11.8 Å². The van der Waals surface area contributed by atoms with E-state index in [-0.39, 0.29) is 0 Å². The monoisotopic (exact) mass is 372 g/mol. The highest BCUT2D eigenvalue weighted by atomic mass is 32.2. The fourth-order valence-corrected chi connectivity index (χ4v) is 3.28. The van der Waals surface area contributed by atoms with Crippen molar-refractivity contribution in [3.8, 4) is 0 Å². The van der Waals surface area contributed by atoms with Crippen molar-refractivity contribution < 1.29 is 49.2 Å². The van der Waals surface area contributed by atoms with Crippen LogP contribution in [0.5, 0.6) is 0 Å². The summed E-state index contributed by atoms with van der Waals surface area (Å²) < 4.78 is 26.2. The van der Waals surface area contributed by atoms with Crippen LogP contribution in [0.1, 0.15) is 0 Å². The molecule has 2 aliphatic rings. The first-order valence-corrected chi connectivity index (χ1v) is 8.59. The van der Waals surface area contributed by atoms with E-state index in [1.807, 2.05) is 0 Å². The molecule has 0 amide bonds. The average Bonchev–Trinajstić information content (AvgIpc) is 2.59. The summed E-state index contributed by atoms with van der Waals surface area (Å²) >= 11 is 1.19. The first-order chi connectivity index (χ1) is 11.3. The minimum atomic E-state index is -1.61. The Balaban J connectivity index is 2.12. The van der Waals surface area contributed by atoms with Crippen molar-refractivity contribution in [1.29, 1.82) is 0 Å². The lowest BCUT2D eigenvalue weighted by Crippen LogP contribution is -2.63. The van der Waals surface area contributed by atoms with Gasteiger partial charge in [0.25, 0.3) is 0 Å². The third kappa shape index (κ3) is 3.86. The van der Waals surface area contributed by atoms with Gasteiger partial charge in [0.15, 0.2) is 18.9 Å². The second kappa shape index (κ2) is 8.56. The van der Waals surface area contributed by atoms with Gasteiger partial charge in [0.05, 0.1) is 0 Å². The molecule has 0 spiro atoms. The maximum Gasteiger partial charge on any atom is 0.189 e. The highest BCUT2D eigenvalue weighted by Crippen LogP contribution is 2.32. The van der Waals surface area contributed by atoms with Gasteiger partial charge in [-0.2, -0.15) is 0 Å². The summed E-state index contributed by atoms with van der Waals surface area (Å²) in [5.41, 5.74) is -0.721. The van der Waals surface area contributed by atoms with Crippen LogP contribution in [-0.4, -0.2) is 107 Å². The molecule has 5 unspecified atom stereocenters. The summed E-state index contributed by atoms with van der Waals surface area (Å²) in [7, 11) is 2.58. The third-order valence-electron chi connectivity index (χ3n) is 4.02. The molecule has 0 aromatic carbocycles. The van der Waals surface area contributed by atoms with Crippen molar-refractivity contribution in [2.24, 2.45) is 0 Å². The maximum atomic E-state index is 10.3. The number of hydrogen-bond acceptors (Lipinski definition) is 11. The molecule has 2 heterocycles. The van der Waals surface area contributed by atoms with E-state index < -0.39 is 60.9 Å². The number of aliphatic hydroxyl groups is 5. The van der Waals surface area contributed by atoms with Crippen LogP contribution in [0.15, 0.2) is 0 Å². The van der Waals surface area contributed by atoms with Crippen molar-refractivity contribution in [3.05, 3.63) is 0 Å². The van der Waals surface area contributed by atoms with Gasteiger partial charge in [-0.05, 0) is 6.26 Å². The Morgan fingerprint density at radius 3 is 1.83 bits per heavy atom. The van der Waals surface area contributed by atoms with Crippen LogP contribution in [-0.2, 0) is 23.7 Å². The zero-order valence-electron chi connectivity index (χ0n) is 13.5. The van der Waals surface area contributed by atoms with E-state index in [1.165, 1.54) is 26.0 Å². The van der Waals surface area contributed by atoms with Crippen LogP contribution in [0.25, 0.3) is 0 Å². The van der Waals surface area contributed by atoms with E-state index in [4.69, 9.17) is 23.7 Å². The van der Waals surface area contributed by atoms with Gasteiger partial charge in [-0.3, -0.25) is 0 Å². The van der Waals surface area contributed by atoms with E-state index >= 15 is 0 Å². The lowest BCUT2D eigenvalue weighted by Gasteiger charge is -2.45. The second-order valence-corrected chi connectivity index (χ2v) is 6.44. The van der Waals surface area contributed by atoms with E-state index in [2.05, 4.69) is 0 Å². The standard InChI is InChI=1S/C13H24O10S/c1-19-10-6(16)4(14)7(17)11(22-10)21-9-5(15)8(18)13(24-3)23-12(9)20-2/h4-18H,1-3H3/t4-,5+,6?,7?,8?,9?,10-,11?,12-,13-/m0/s1. The first-order valence-electron chi connectivity index (χ1n) is 7.30. The first kappa shape index (κ1) is 20.3. The summed E-state index contributed by atoms with van der Waals surface area (Å²) in [5.74, 6) is 0. The van der Waals surface area contributed by atoms with Crippen LogP contribution in [0.3, 0.4) is 0 Å². The molecule has 0 aromatic rings. The predicted molar refractivity (Wildman–Crippen MR) is 79.8 cm³/mol. The van der Waals surface area contributed by atoms with Crippen LogP contribution >= 0.6 is 11.8 Å². The molecule has 5 N–H and O–H groups in total. The summed E-state index contributed by atoms with van der Waals surface area (Å²) in [6, 6.07) is 0. The van der Waals surface area contributed by atoms with Crippen LogP contribution in [0.4, 0.5) is 0 Å². The smallest absolute Gasteiger partial charge is 0.189 e. The van der Waals surface area contributed by atoms with Crippen LogP contribution < -0.4 is 0 Å². The summed E-state index contributed by atoms with van der Waals surface area (Å²) in [6.45, 7) is 0. The molecule has 142 valence electrons. The Labute approximate surface area is 143 Å². The molecule has 2 fully saturated rings. The highest BCUT2D eigenvalue weighted by Gasteiger charge is 2.50. The van der Waals surface area contributed by atoms with Gasteiger partial charge in [0.2, 0.25) is 0 Å². The van der Waals surface area contributed by atoms with Gasteiger partial charge in [-0.15, -0.1) is 11.8 Å². The Hall–Kier alpha value is -0.0500. The number of rotatable bonds is 5. The molecular weight excluding hydrogens is 348 g/mol. The molecule has 0 aromatic heterocycles. The lowest BCUT2D eigenvalue weighted by molar-refractivity contribution is -0.381.